The van der Waals surface area contributed by atoms with E-state index in [-0.39, 0.29) is 5.91 Å². The van der Waals surface area contributed by atoms with Crippen molar-refractivity contribution in [3.05, 3.63) is 70.8 Å². The molecule has 1 heterocycles. The molecule has 0 aliphatic heterocycles. The minimum Gasteiger partial charge on any atom is -0.326 e. The first-order valence-corrected chi connectivity index (χ1v) is 7.64. The lowest BCUT2D eigenvalue weighted by Gasteiger charge is -2.07. The van der Waals surface area contributed by atoms with Crippen LogP contribution < -0.4 is 5.32 Å². The Morgan fingerprint density at radius 3 is 2.68 bits per heavy atom. The first kappa shape index (κ1) is 14.5. The van der Waals surface area contributed by atoms with Crippen molar-refractivity contribution < 1.29 is 4.79 Å². The fourth-order valence-corrected chi connectivity index (χ4v) is 2.44. The molecule has 22 heavy (non-hydrogen) atoms. The molecule has 5 heteroatoms. The number of rotatable bonds is 4. The van der Waals surface area contributed by atoms with Crippen LogP contribution in [0.15, 0.2) is 65.3 Å². The van der Waals surface area contributed by atoms with Crippen LogP contribution in [0.4, 0.5) is 5.69 Å². The zero-order chi connectivity index (χ0) is 15.4. The van der Waals surface area contributed by atoms with E-state index in [0.29, 0.717) is 6.42 Å². The Hall–Kier alpha value is -2.40. The van der Waals surface area contributed by atoms with Gasteiger partial charge in [-0.1, -0.05) is 40.2 Å². The summed E-state index contributed by atoms with van der Waals surface area (Å²) in [6.07, 6.45) is 2.05. The molecule has 2 aromatic carbocycles. The maximum atomic E-state index is 12.1. The maximum Gasteiger partial charge on any atom is 0.228 e. The van der Waals surface area contributed by atoms with Gasteiger partial charge >= 0.3 is 0 Å². The number of anilines is 1. The van der Waals surface area contributed by atoms with Crippen LogP contribution >= 0.6 is 15.9 Å². The number of nitrogens with zero attached hydrogens (tertiary/aromatic N) is 1. The zero-order valence-corrected chi connectivity index (χ0v) is 13.3. The number of carbonyl (C=O) groups is 1. The number of benzene rings is 2. The van der Waals surface area contributed by atoms with E-state index < -0.39 is 0 Å². The van der Waals surface area contributed by atoms with Crippen molar-refractivity contribution >= 4 is 27.5 Å². The van der Waals surface area contributed by atoms with Crippen molar-refractivity contribution in [1.82, 2.24) is 10.2 Å². The molecule has 0 saturated heterocycles. The molecule has 0 aliphatic carbocycles. The number of amides is 1. The first-order chi connectivity index (χ1) is 10.7. The summed E-state index contributed by atoms with van der Waals surface area (Å²) >= 11 is 3.38. The number of halogens is 1. The highest BCUT2D eigenvalue weighted by Crippen LogP contribution is 2.20. The lowest BCUT2D eigenvalue weighted by molar-refractivity contribution is -0.115. The van der Waals surface area contributed by atoms with Crippen molar-refractivity contribution in [2.24, 2.45) is 0 Å². The van der Waals surface area contributed by atoms with Crippen LogP contribution in [0.3, 0.4) is 0 Å². The smallest absolute Gasteiger partial charge is 0.228 e. The Morgan fingerprint density at radius 1 is 1.14 bits per heavy atom. The van der Waals surface area contributed by atoms with Gasteiger partial charge in [-0.15, -0.1) is 0 Å². The van der Waals surface area contributed by atoms with Crippen molar-refractivity contribution in [3.8, 4) is 11.3 Å². The number of nitrogens with one attached hydrogen (secondary N) is 2. The molecule has 0 atom stereocenters. The van der Waals surface area contributed by atoms with Gasteiger partial charge in [0.25, 0.3) is 0 Å². The van der Waals surface area contributed by atoms with Crippen LogP contribution in [0, 0.1) is 0 Å². The molecular weight excluding hydrogens is 342 g/mol. The van der Waals surface area contributed by atoms with Crippen LogP contribution in [0.1, 0.15) is 5.56 Å². The van der Waals surface area contributed by atoms with E-state index in [4.69, 9.17) is 0 Å². The van der Waals surface area contributed by atoms with Gasteiger partial charge in [-0.05, 0) is 35.9 Å². The van der Waals surface area contributed by atoms with E-state index in [2.05, 4.69) is 31.4 Å². The van der Waals surface area contributed by atoms with Crippen LogP contribution in [-0.2, 0) is 11.2 Å². The van der Waals surface area contributed by atoms with Gasteiger partial charge in [-0.2, -0.15) is 5.10 Å². The molecule has 0 bridgehead atoms. The molecule has 3 aromatic rings. The van der Waals surface area contributed by atoms with E-state index in [1.54, 1.807) is 6.20 Å². The summed E-state index contributed by atoms with van der Waals surface area (Å²) in [5.41, 5.74) is 3.66. The number of H-pyrrole nitrogens is 1. The average molecular weight is 356 g/mol. The third-order valence-corrected chi connectivity index (χ3v) is 3.76. The van der Waals surface area contributed by atoms with Gasteiger partial charge in [0.1, 0.15) is 0 Å². The third-order valence-electron chi connectivity index (χ3n) is 3.24. The molecular formula is C17H14BrN3O. The highest BCUT2D eigenvalue weighted by Gasteiger charge is 2.06. The fraction of sp³-hybridized carbons (Fsp3) is 0.0588. The Bertz CT molecular complexity index is 767. The second kappa shape index (κ2) is 6.58. The van der Waals surface area contributed by atoms with Crippen molar-refractivity contribution in [2.75, 3.05) is 5.32 Å². The van der Waals surface area contributed by atoms with E-state index >= 15 is 0 Å². The van der Waals surface area contributed by atoms with Crippen molar-refractivity contribution in [1.29, 1.82) is 0 Å². The lowest BCUT2D eigenvalue weighted by atomic mass is 10.1. The quantitative estimate of drug-likeness (QED) is 0.742. The normalized spacial score (nSPS) is 10.4. The summed E-state index contributed by atoms with van der Waals surface area (Å²) in [6.45, 7) is 0. The second-order valence-electron chi connectivity index (χ2n) is 4.90. The van der Waals surface area contributed by atoms with Gasteiger partial charge < -0.3 is 5.32 Å². The number of hydrogen-bond donors (Lipinski definition) is 2. The van der Waals surface area contributed by atoms with E-state index in [0.717, 1.165) is 27.0 Å². The van der Waals surface area contributed by atoms with Gasteiger partial charge in [0, 0.05) is 21.9 Å². The fourth-order valence-electron chi connectivity index (χ4n) is 2.17. The highest BCUT2D eigenvalue weighted by atomic mass is 79.9. The minimum atomic E-state index is -0.0379. The van der Waals surface area contributed by atoms with E-state index in [1.807, 2.05) is 54.6 Å². The SMILES string of the molecule is O=C(Cc1ccc(Br)cc1)Nc1cccc(-c2ccn[nH]2)c1. The Kier molecular flexibility index (Phi) is 4.34. The topological polar surface area (TPSA) is 57.8 Å². The predicted molar refractivity (Wildman–Crippen MR) is 90.5 cm³/mol. The van der Waals surface area contributed by atoms with E-state index in [9.17, 15) is 4.79 Å². The molecule has 0 aliphatic rings. The van der Waals surface area contributed by atoms with Gasteiger partial charge in [-0.3, -0.25) is 9.89 Å². The summed E-state index contributed by atoms with van der Waals surface area (Å²) in [7, 11) is 0. The average Bonchev–Trinajstić information content (AvgIpc) is 3.04. The highest BCUT2D eigenvalue weighted by molar-refractivity contribution is 9.10. The van der Waals surface area contributed by atoms with Gasteiger partial charge in [0.05, 0.1) is 12.1 Å². The van der Waals surface area contributed by atoms with Crippen LogP contribution in [-0.4, -0.2) is 16.1 Å². The molecule has 4 nitrogen and oxygen atoms in total. The summed E-state index contributed by atoms with van der Waals surface area (Å²) in [5.74, 6) is -0.0379. The zero-order valence-electron chi connectivity index (χ0n) is 11.7. The molecule has 2 N–H and O–H groups in total. The molecule has 0 saturated carbocycles. The van der Waals surface area contributed by atoms with Crippen LogP contribution in [0.25, 0.3) is 11.3 Å². The second-order valence-corrected chi connectivity index (χ2v) is 5.82. The summed E-state index contributed by atoms with van der Waals surface area (Å²) < 4.78 is 1.00. The molecule has 1 amide bonds. The number of carbonyl (C=O) groups excluding carboxylic acids is 1. The molecule has 0 unspecified atom stereocenters. The molecule has 3 rings (SSSR count). The molecule has 0 spiro atoms. The Morgan fingerprint density at radius 2 is 1.95 bits per heavy atom. The Balaban J connectivity index is 1.69. The summed E-state index contributed by atoms with van der Waals surface area (Å²) in [5, 5.41) is 9.77. The standard InChI is InChI=1S/C17H14BrN3O/c18-14-6-4-12(5-7-14)10-17(22)20-15-3-1-2-13(11-15)16-8-9-19-21-16/h1-9,11H,10H2,(H,19,21)(H,20,22). The van der Waals surface area contributed by atoms with Gasteiger partial charge in [0.15, 0.2) is 0 Å². The molecule has 1 aromatic heterocycles. The van der Waals surface area contributed by atoms with Gasteiger partial charge in [0.2, 0.25) is 5.91 Å². The van der Waals surface area contributed by atoms with E-state index in [1.165, 1.54) is 0 Å². The molecule has 110 valence electrons. The lowest BCUT2D eigenvalue weighted by Crippen LogP contribution is -2.14. The largest absolute Gasteiger partial charge is 0.326 e. The van der Waals surface area contributed by atoms with Crippen LogP contribution in [0.5, 0.6) is 0 Å². The third kappa shape index (κ3) is 3.62. The summed E-state index contributed by atoms with van der Waals surface area (Å²) in [6, 6.07) is 17.3. The van der Waals surface area contributed by atoms with Crippen molar-refractivity contribution in [3.63, 3.8) is 0 Å². The summed E-state index contributed by atoms with van der Waals surface area (Å²) in [4.78, 5) is 12.1. The Labute approximate surface area is 136 Å². The number of hydrogen-bond acceptors (Lipinski definition) is 2. The van der Waals surface area contributed by atoms with Crippen molar-refractivity contribution in [2.45, 2.75) is 6.42 Å². The number of aromatic amines is 1. The maximum absolute atomic E-state index is 12.1. The first-order valence-electron chi connectivity index (χ1n) is 6.85. The van der Waals surface area contributed by atoms with Crippen LogP contribution in [0.2, 0.25) is 0 Å². The minimum absolute atomic E-state index is 0.0379. The predicted octanol–water partition coefficient (Wildman–Crippen LogP) is 4.02. The monoisotopic (exact) mass is 355 g/mol. The molecule has 0 radical (unpaired) electrons. The number of aromatic nitrogens is 2. The van der Waals surface area contributed by atoms with Gasteiger partial charge in [-0.25, -0.2) is 0 Å². The molecule has 0 fully saturated rings.